The Morgan fingerprint density at radius 2 is 2.14 bits per heavy atom. The Hall–Kier alpha value is -1.07. The van der Waals surface area contributed by atoms with Crippen molar-refractivity contribution in [2.24, 2.45) is 0 Å². The van der Waals surface area contributed by atoms with Crippen LogP contribution in [0, 0.1) is 9.54 Å². The van der Waals surface area contributed by atoms with Gasteiger partial charge in [-0.05, 0) is 30.9 Å². The minimum Gasteiger partial charge on any atom is -0.320 e. The van der Waals surface area contributed by atoms with Crippen molar-refractivity contribution in [2.45, 2.75) is 12.3 Å². The molecule has 2 N–H and O–H groups in total. The lowest BCUT2D eigenvalue weighted by Crippen LogP contribution is -2.04. The van der Waals surface area contributed by atoms with Crippen molar-refractivity contribution >= 4 is 24.4 Å². The normalized spacial score (nSPS) is 19.9. The van der Waals surface area contributed by atoms with E-state index in [1.807, 2.05) is 12.2 Å². The van der Waals surface area contributed by atoms with Crippen LogP contribution in [0.3, 0.4) is 0 Å². The van der Waals surface area contributed by atoms with Crippen LogP contribution in [0.15, 0.2) is 24.3 Å². The monoisotopic (exact) mass is 223 g/mol. The summed E-state index contributed by atoms with van der Waals surface area (Å²) in [5.41, 5.74) is 0. The SMILES string of the molecule is S=c1nc(C2C=CC=CC2)[nH]c(=S)[nH]1. The maximum absolute atomic E-state index is 5.00. The Balaban J connectivity index is 2.41. The van der Waals surface area contributed by atoms with E-state index in [0.29, 0.717) is 9.54 Å². The summed E-state index contributed by atoms with van der Waals surface area (Å²) >= 11 is 9.96. The number of nitrogens with zero attached hydrogens (tertiary/aromatic N) is 1. The molecule has 0 spiro atoms. The van der Waals surface area contributed by atoms with E-state index in [4.69, 9.17) is 24.4 Å². The van der Waals surface area contributed by atoms with Gasteiger partial charge >= 0.3 is 0 Å². The van der Waals surface area contributed by atoms with Gasteiger partial charge < -0.3 is 9.97 Å². The number of hydrogen-bond acceptors (Lipinski definition) is 3. The van der Waals surface area contributed by atoms with Gasteiger partial charge in [0.05, 0.1) is 0 Å². The highest BCUT2D eigenvalue weighted by molar-refractivity contribution is 7.71. The van der Waals surface area contributed by atoms with Crippen molar-refractivity contribution in [3.63, 3.8) is 0 Å². The van der Waals surface area contributed by atoms with E-state index in [1.165, 1.54) is 0 Å². The molecule has 3 nitrogen and oxygen atoms in total. The van der Waals surface area contributed by atoms with E-state index < -0.39 is 0 Å². The fraction of sp³-hybridized carbons (Fsp3) is 0.222. The van der Waals surface area contributed by atoms with Gasteiger partial charge in [-0.1, -0.05) is 24.3 Å². The minimum atomic E-state index is 0.262. The van der Waals surface area contributed by atoms with Crippen molar-refractivity contribution in [2.75, 3.05) is 0 Å². The Morgan fingerprint density at radius 3 is 2.79 bits per heavy atom. The third-order valence-corrected chi connectivity index (χ3v) is 2.41. The number of aromatic nitrogens is 3. The van der Waals surface area contributed by atoms with Gasteiger partial charge in [0.1, 0.15) is 5.82 Å². The summed E-state index contributed by atoms with van der Waals surface area (Å²) in [4.78, 5) is 9.99. The van der Waals surface area contributed by atoms with Crippen LogP contribution < -0.4 is 0 Å². The number of rotatable bonds is 1. The Labute approximate surface area is 91.6 Å². The molecule has 1 unspecified atom stereocenters. The zero-order valence-corrected chi connectivity index (χ0v) is 8.99. The topological polar surface area (TPSA) is 44.5 Å². The quantitative estimate of drug-likeness (QED) is 0.720. The van der Waals surface area contributed by atoms with Crippen LogP contribution in [0.1, 0.15) is 18.2 Å². The molecule has 2 rings (SSSR count). The van der Waals surface area contributed by atoms with Crippen LogP contribution >= 0.6 is 24.4 Å². The van der Waals surface area contributed by atoms with Crippen LogP contribution in [0.5, 0.6) is 0 Å². The first-order chi connectivity index (χ1) is 6.75. The summed E-state index contributed by atoms with van der Waals surface area (Å²) in [6.07, 6.45) is 9.15. The molecule has 14 heavy (non-hydrogen) atoms. The summed E-state index contributed by atoms with van der Waals surface area (Å²) in [6, 6.07) is 0. The van der Waals surface area contributed by atoms with Gasteiger partial charge in [-0.25, -0.2) is 4.98 Å². The van der Waals surface area contributed by atoms with E-state index in [9.17, 15) is 0 Å². The molecule has 0 saturated heterocycles. The molecule has 1 atom stereocenters. The van der Waals surface area contributed by atoms with Crippen LogP contribution in [0.25, 0.3) is 0 Å². The van der Waals surface area contributed by atoms with Gasteiger partial charge in [-0.2, -0.15) is 0 Å². The first kappa shape index (κ1) is 9.48. The number of hydrogen-bond donors (Lipinski definition) is 2. The summed E-state index contributed by atoms with van der Waals surface area (Å²) < 4.78 is 0.967. The van der Waals surface area contributed by atoms with Crippen molar-refractivity contribution in [1.82, 2.24) is 15.0 Å². The second kappa shape index (κ2) is 3.98. The van der Waals surface area contributed by atoms with Crippen molar-refractivity contribution in [1.29, 1.82) is 0 Å². The fourth-order valence-electron chi connectivity index (χ4n) is 1.37. The van der Waals surface area contributed by atoms with Gasteiger partial charge in [0.25, 0.3) is 0 Å². The minimum absolute atomic E-state index is 0.262. The highest BCUT2D eigenvalue weighted by Gasteiger charge is 2.10. The van der Waals surface area contributed by atoms with Gasteiger partial charge in [-0.3, -0.25) is 0 Å². The van der Waals surface area contributed by atoms with Crippen LogP contribution in [-0.2, 0) is 0 Å². The van der Waals surface area contributed by atoms with Gasteiger partial charge in [0.15, 0.2) is 4.77 Å². The number of H-pyrrole nitrogens is 2. The first-order valence-corrected chi connectivity index (χ1v) is 5.11. The molecule has 72 valence electrons. The van der Waals surface area contributed by atoms with Crippen LogP contribution in [-0.4, -0.2) is 15.0 Å². The highest BCUT2D eigenvalue weighted by atomic mass is 32.1. The van der Waals surface area contributed by atoms with Crippen molar-refractivity contribution in [3.05, 3.63) is 39.7 Å². The van der Waals surface area contributed by atoms with Crippen LogP contribution in [0.2, 0.25) is 0 Å². The molecule has 0 aliphatic heterocycles. The van der Waals surface area contributed by atoms with Crippen LogP contribution in [0.4, 0.5) is 0 Å². The second-order valence-electron chi connectivity index (χ2n) is 3.04. The molecule has 0 fully saturated rings. The third kappa shape index (κ3) is 2.05. The van der Waals surface area contributed by atoms with Crippen molar-refractivity contribution < 1.29 is 0 Å². The Morgan fingerprint density at radius 1 is 1.29 bits per heavy atom. The Kier molecular flexibility index (Phi) is 2.69. The summed E-state index contributed by atoms with van der Waals surface area (Å²) in [5.74, 6) is 1.09. The maximum atomic E-state index is 5.00. The molecule has 5 heteroatoms. The smallest absolute Gasteiger partial charge is 0.200 e. The Bertz CT molecular complexity index is 467. The van der Waals surface area contributed by atoms with Gasteiger partial charge in [-0.15, -0.1) is 0 Å². The molecular weight excluding hydrogens is 214 g/mol. The summed E-state index contributed by atoms with van der Waals surface area (Å²) in [6.45, 7) is 0. The predicted molar refractivity (Wildman–Crippen MR) is 60.2 cm³/mol. The molecule has 1 heterocycles. The zero-order chi connectivity index (χ0) is 9.97. The van der Waals surface area contributed by atoms with Gasteiger partial charge in [0.2, 0.25) is 4.77 Å². The lowest BCUT2D eigenvalue weighted by Gasteiger charge is -2.11. The second-order valence-corrected chi connectivity index (χ2v) is 3.83. The largest absolute Gasteiger partial charge is 0.320 e. The standard InChI is InChI=1S/C9H9N3S2/c13-8-10-7(11-9(14)12-8)6-4-2-1-3-5-6/h1-4,6H,5H2,(H2,10,11,12,13,14). The molecule has 1 aliphatic rings. The lowest BCUT2D eigenvalue weighted by molar-refractivity contribution is 0.749. The fourth-order valence-corrected chi connectivity index (χ4v) is 1.84. The maximum Gasteiger partial charge on any atom is 0.200 e. The third-order valence-electron chi connectivity index (χ3n) is 2.02. The predicted octanol–water partition coefficient (Wildman–Crippen LogP) is 2.80. The average Bonchev–Trinajstić information content (AvgIpc) is 2.18. The summed E-state index contributed by atoms with van der Waals surface area (Å²) in [5, 5.41) is 0. The molecule has 0 radical (unpaired) electrons. The van der Waals surface area contributed by atoms with E-state index in [0.717, 1.165) is 12.2 Å². The van der Waals surface area contributed by atoms with E-state index in [2.05, 4.69) is 27.1 Å². The highest BCUT2D eigenvalue weighted by Crippen LogP contribution is 2.20. The molecule has 0 saturated carbocycles. The molecule has 1 aromatic heterocycles. The number of allylic oxidation sites excluding steroid dienone is 4. The van der Waals surface area contributed by atoms with Crippen molar-refractivity contribution in [3.8, 4) is 0 Å². The summed E-state index contributed by atoms with van der Waals surface area (Å²) in [7, 11) is 0. The molecule has 0 aromatic carbocycles. The number of nitrogens with one attached hydrogen (secondary N) is 2. The molecule has 1 aromatic rings. The number of aromatic amines is 2. The molecule has 0 bridgehead atoms. The van der Waals surface area contributed by atoms with Gasteiger partial charge in [0, 0.05) is 5.92 Å². The lowest BCUT2D eigenvalue weighted by atomic mass is 10.0. The van der Waals surface area contributed by atoms with E-state index >= 15 is 0 Å². The van der Waals surface area contributed by atoms with E-state index in [-0.39, 0.29) is 5.92 Å². The first-order valence-electron chi connectivity index (χ1n) is 4.29. The molecular formula is C9H9N3S2. The molecule has 1 aliphatic carbocycles. The van der Waals surface area contributed by atoms with E-state index in [1.54, 1.807) is 0 Å². The molecule has 0 amide bonds. The average molecular weight is 223 g/mol. The zero-order valence-electron chi connectivity index (χ0n) is 7.36.